The highest BCUT2D eigenvalue weighted by Gasteiger charge is 2.04. The van der Waals surface area contributed by atoms with Gasteiger partial charge in [0.05, 0.1) is 0 Å². The Balaban J connectivity index is 2.46. The lowest BCUT2D eigenvalue weighted by Gasteiger charge is -2.00. The van der Waals surface area contributed by atoms with Gasteiger partial charge in [-0.2, -0.15) is 0 Å². The van der Waals surface area contributed by atoms with E-state index in [1.807, 2.05) is 0 Å². The summed E-state index contributed by atoms with van der Waals surface area (Å²) >= 11 is 2.46. The first-order valence-electron chi connectivity index (χ1n) is 4.46. The molecule has 0 amide bonds. The summed E-state index contributed by atoms with van der Waals surface area (Å²) in [6, 6.07) is 8.46. The molecule has 13 heavy (non-hydrogen) atoms. The van der Waals surface area contributed by atoms with E-state index in [0.29, 0.717) is 3.92 Å². The molecule has 1 unspecified atom stereocenters. The van der Waals surface area contributed by atoms with Crippen LogP contribution in [-0.4, -0.2) is 8.91 Å². The van der Waals surface area contributed by atoms with Gasteiger partial charge < -0.3 is 4.98 Å². The first-order valence-corrected chi connectivity index (χ1v) is 5.71. The summed E-state index contributed by atoms with van der Waals surface area (Å²) in [5.41, 5.74) is 2.67. The molecule has 0 radical (unpaired) electrons. The quantitative estimate of drug-likeness (QED) is 0.641. The van der Waals surface area contributed by atoms with Gasteiger partial charge >= 0.3 is 0 Å². The number of para-hydroxylation sites is 1. The van der Waals surface area contributed by atoms with Gasteiger partial charge in [0.25, 0.3) is 0 Å². The van der Waals surface area contributed by atoms with Crippen LogP contribution in [0.5, 0.6) is 0 Å². The van der Waals surface area contributed by atoms with Gasteiger partial charge in [0.1, 0.15) is 0 Å². The van der Waals surface area contributed by atoms with E-state index in [4.69, 9.17) is 0 Å². The van der Waals surface area contributed by atoms with Gasteiger partial charge in [-0.15, -0.1) is 0 Å². The van der Waals surface area contributed by atoms with Gasteiger partial charge in [0.15, 0.2) is 0 Å². The summed E-state index contributed by atoms with van der Waals surface area (Å²) < 4.78 is 0.691. The average Bonchev–Trinajstić information content (AvgIpc) is 2.48. The van der Waals surface area contributed by atoms with E-state index >= 15 is 0 Å². The zero-order valence-electron chi connectivity index (χ0n) is 7.55. The fourth-order valence-corrected chi connectivity index (χ4v) is 2.08. The molecule has 0 aliphatic rings. The van der Waals surface area contributed by atoms with Gasteiger partial charge in [0, 0.05) is 21.0 Å². The molecule has 1 aromatic heterocycles. The van der Waals surface area contributed by atoms with Gasteiger partial charge in [-0.05, 0) is 18.1 Å². The molecular weight excluding hydrogens is 273 g/mol. The summed E-state index contributed by atoms with van der Waals surface area (Å²) in [6.07, 6.45) is 3.27. The van der Waals surface area contributed by atoms with Crippen LogP contribution >= 0.6 is 22.6 Å². The van der Waals surface area contributed by atoms with Crippen LogP contribution in [0.4, 0.5) is 0 Å². The van der Waals surface area contributed by atoms with Crippen molar-refractivity contribution < 1.29 is 0 Å². The molecule has 1 nitrogen and oxygen atoms in total. The molecule has 0 fully saturated rings. The van der Waals surface area contributed by atoms with Crippen molar-refractivity contribution in [2.75, 3.05) is 0 Å². The van der Waals surface area contributed by atoms with Crippen LogP contribution in [0.15, 0.2) is 30.5 Å². The zero-order chi connectivity index (χ0) is 9.26. The number of aromatic nitrogens is 1. The number of hydrogen-bond acceptors (Lipinski definition) is 0. The van der Waals surface area contributed by atoms with Crippen molar-refractivity contribution in [2.45, 2.75) is 17.3 Å². The summed E-state index contributed by atoms with van der Waals surface area (Å²) in [5, 5.41) is 1.37. The highest BCUT2D eigenvalue weighted by Crippen LogP contribution is 2.20. The number of rotatable bonds is 2. The molecule has 0 bridgehead atoms. The maximum Gasteiger partial charge on any atom is 0.0456 e. The van der Waals surface area contributed by atoms with E-state index in [1.165, 1.54) is 16.5 Å². The predicted octanol–water partition coefficient (Wildman–Crippen LogP) is 3.53. The molecule has 1 heterocycles. The standard InChI is InChI=1S/C11H12IN/c1-8(12)6-9-7-13-11-5-3-2-4-10(9)11/h2-5,7-8,13H,6H2,1H3. The predicted molar refractivity (Wildman–Crippen MR) is 65.5 cm³/mol. The molecule has 2 heteroatoms. The van der Waals surface area contributed by atoms with E-state index in [9.17, 15) is 0 Å². The van der Waals surface area contributed by atoms with Crippen molar-refractivity contribution >= 4 is 33.5 Å². The lowest BCUT2D eigenvalue weighted by atomic mass is 10.1. The Morgan fingerprint density at radius 1 is 1.38 bits per heavy atom. The van der Waals surface area contributed by atoms with E-state index < -0.39 is 0 Å². The topological polar surface area (TPSA) is 15.8 Å². The minimum absolute atomic E-state index is 0.691. The minimum Gasteiger partial charge on any atom is -0.361 e. The number of halogens is 1. The third kappa shape index (κ3) is 1.88. The Morgan fingerprint density at radius 3 is 2.92 bits per heavy atom. The van der Waals surface area contributed by atoms with Crippen molar-refractivity contribution in [3.63, 3.8) is 0 Å². The van der Waals surface area contributed by atoms with Crippen LogP contribution in [0.3, 0.4) is 0 Å². The van der Waals surface area contributed by atoms with E-state index in [-0.39, 0.29) is 0 Å². The molecule has 0 saturated carbocycles. The fraction of sp³-hybridized carbons (Fsp3) is 0.273. The molecule has 1 atom stereocenters. The number of fused-ring (bicyclic) bond motifs is 1. The monoisotopic (exact) mass is 285 g/mol. The number of alkyl halides is 1. The molecule has 0 aliphatic carbocycles. The second-order valence-electron chi connectivity index (χ2n) is 3.34. The van der Waals surface area contributed by atoms with E-state index in [1.54, 1.807) is 0 Å². The second-order valence-corrected chi connectivity index (χ2v) is 5.47. The van der Waals surface area contributed by atoms with Crippen molar-refractivity contribution in [3.05, 3.63) is 36.0 Å². The largest absolute Gasteiger partial charge is 0.361 e. The van der Waals surface area contributed by atoms with Crippen LogP contribution in [0.25, 0.3) is 10.9 Å². The van der Waals surface area contributed by atoms with Crippen LogP contribution in [0.1, 0.15) is 12.5 Å². The lowest BCUT2D eigenvalue weighted by molar-refractivity contribution is 0.985. The molecule has 0 aliphatic heterocycles. The van der Waals surface area contributed by atoms with Crippen molar-refractivity contribution in [1.29, 1.82) is 0 Å². The summed E-state index contributed by atoms with van der Waals surface area (Å²) in [4.78, 5) is 3.29. The first kappa shape index (κ1) is 9.06. The lowest BCUT2D eigenvalue weighted by Crippen LogP contribution is -1.94. The zero-order valence-corrected chi connectivity index (χ0v) is 9.71. The molecule has 0 spiro atoms. The Morgan fingerprint density at radius 2 is 2.15 bits per heavy atom. The molecule has 1 aromatic carbocycles. The van der Waals surface area contributed by atoms with Gasteiger partial charge in [0.2, 0.25) is 0 Å². The number of aromatic amines is 1. The van der Waals surface area contributed by atoms with E-state index in [2.05, 4.69) is 65.0 Å². The van der Waals surface area contributed by atoms with Gasteiger partial charge in [-0.25, -0.2) is 0 Å². The normalized spacial score (nSPS) is 13.4. The molecule has 2 rings (SSSR count). The SMILES string of the molecule is CC(I)Cc1c[nH]c2ccccc12. The summed E-state index contributed by atoms with van der Waals surface area (Å²) in [6.45, 7) is 2.24. The highest BCUT2D eigenvalue weighted by atomic mass is 127. The fourth-order valence-electron chi connectivity index (χ4n) is 1.60. The van der Waals surface area contributed by atoms with Crippen LogP contribution in [0.2, 0.25) is 0 Å². The first-order chi connectivity index (χ1) is 6.27. The molecule has 68 valence electrons. The van der Waals surface area contributed by atoms with Crippen molar-refractivity contribution in [2.24, 2.45) is 0 Å². The van der Waals surface area contributed by atoms with Gasteiger partial charge in [-0.1, -0.05) is 47.7 Å². The van der Waals surface area contributed by atoms with Crippen LogP contribution < -0.4 is 0 Å². The number of hydrogen-bond donors (Lipinski definition) is 1. The highest BCUT2D eigenvalue weighted by molar-refractivity contribution is 14.1. The van der Waals surface area contributed by atoms with Crippen molar-refractivity contribution in [3.8, 4) is 0 Å². The Hall–Kier alpha value is -0.510. The Labute approximate surface area is 91.7 Å². The maximum atomic E-state index is 3.29. The molecule has 0 saturated heterocycles. The van der Waals surface area contributed by atoms with Gasteiger partial charge in [-0.3, -0.25) is 0 Å². The van der Waals surface area contributed by atoms with Crippen molar-refractivity contribution in [1.82, 2.24) is 4.98 Å². The summed E-state index contributed by atoms with van der Waals surface area (Å²) in [5.74, 6) is 0. The smallest absolute Gasteiger partial charge is 0.0456 e. The molecule has 2 aromatic rings. The Bertz CT molecular complexity index is 403. The summed E-state index contributed by atoms with van der Waals surface area (Å²) in [7, 11) is 0. The second kappa shape index (κ2) is 3.70. The number of H-pyrrole nitrogens is 1. The van der Waals surface area contributed by atoms with Crippen LogP contribution in [0, 0.1) is 0 Å². The minimum atomic E-state index is 0.691. The number of nitrogens with one attached hydrogen (secondary N) is 1. The third-order valence-corrected chi connectivity index (χ3v) is 2.62. The van der Waals surface area contributed by atoms with E-state index in [0.717, 1.165) is 6.42 Å². The molecular formula is C11H12IN. The number of benzene rings is 1. The average molecular weight is 285 g/mol. The molecule has 1 N–H and O–H groups in total. The van der Waals surface area contributed by atoms with Crippen LogP contribution in [-0.2, 0) is 6.42 Å². The maximum absolute atomic E-state index is 3.29. The third-order valence-electron chi connectivity index (χ3n) is 2.18. The Kier molecular flexibility index (Phi) is 2.58.